The quantitative estimate of drug-likeness (QED) is 0.907. The van der Waals surface area contributed by atoms with Gasteiger partial charge in [0.05, 0.1) is 10.7 Å². The van der Waals surface area contributed by atoms with E-state index in [0.717, 1.165) is 22.0 Å². The number of thiazole rings is 1. The fourth-order valence-corrected chi connectivity index (χ4v) is 2.55. The predicted molar refractivity (Wildman–Crippen MR) is 80.1 cm³/mol. The maximum Gasteiger partial charge on any atom is 0.131 e. The summed E-state index contributed by atoms with van der Waals surface area (Å²) in [5, 5.41) is 6.99. The summed E-state index contributed by atoms with van der Waals surface area (Å²) in [6.45, 7) is 4.55. The second-order valence-corrected chi connectivity index (χ2v) is 5.84. The molecule has 0 aliphatic carbocycles. The summed E-state index contributed by atoms with van der Waals surface area (Å²) in [7, 11) is 1.92. The fourth-order valence-electron chi connectivity index (χ4n) is 1.77. The standard InChI is InChI=1S/C14H17ClN2OS/c1-9(16-3)13-6-11(15)4-5-14(13)18-7-12-8-19-10(2)17-12/h4-6,8-9,16H,7H2,1-3H3. The van der Waals surface area contributed by atoms with Crippen LogP contribution in [0.15, 0.2) is 23.6 Å². The normalized spacial score (nSPS) is 12.4. The molecule has 0 saturated carbocycles. The highest BCUT2D eigenvalue weighted by Gasteiger charge is 2.11. The third-order valence-corrected chi connectivity index (χ3v) is 3.97. The maximum atomic E-state index is 6.04. The molecule has 0 amide bonds. The first kappa shape index (κ1) is 14.3. The van der Waals surface area contributed by atoms with Gasteiger partial charge in [-0.3, -0.25) is 0 Å². The molecule has 5 heteroatoms. The van der Waals surface area contributed by atoms with Crippen LogP contribution in [-0.2, 0) is 6.61 Å². The number of hydrogen-bond donors (Lipinski definition) is 1. The summed E-state index contributed by atoms with van der Waals surface area (Å²) in [6, 6.07) is 5.87. The van der Waals surface area contributed by atoms with Crippen molar-refractivity contribution in [1.82, 2.24) is 10.3 Å². The van der Waals surface area contributed by atoms with Crippen LogP contribution in [0.1, 0.15) is 29.2 Å². The first-order valence-electron chi connectivity index (χ1n) is 6.10. The third kappa shape index (κ3) is 3.69. The molecule has 1 N–H and O–H groups in total. The molecule has 3 nitrogen and oxygen atoms in total. The van der Waals surface area contributed by atoms with Crippen molar-refractivity contribution in [2.24, 2.45) is 0 Å². The molecule has 0 fully saturated rings. The van der Waals surface area contributed by atoms with Gasteiger partial charge in [-0.1, -0.05) is 11.6 Å². The Bertz CT molecular complexity index is 556. The van der Waals surface area contributed by atoms with Crippen molar-refractivity contribution in [2.45, 2.75) is 26.5 Å². The van der Waals surface area contributed by atoms with Crippen LogP contribution < -0.4 is 10.1 Å². The predicted octanol–water partition coefficient (Wildman–Crippen LogP) is 3.96. The lowest BCUT2D eigenvalue weighted by Crippen LogP contribution is -2.13. The molecule has 0 bridgehead atoms. The molecule has 1 unspecified atom stereocenters. The minimum absolute atomic E-state index is 0.186. The lowest BCUT2D eigenvalue weighted by molar-refractivity contribution is 0.296. The van der Waals surface area contributed by atoms with Crippen molar-refractivity contribution in [2.75, 3.05) is 7.05 Å². The second-order valence-electron chi connectivity index (χ2n) is 4.34. The molecule has 1 aromatic carbocycles. The van der Waals surface area contributed by atoms with Gasteiger partial charge >= 0.3 is 0 Å². The van der Waals surface area contributed by atoms with Gasteiger partial charge in [0.25, 0.3) is 0 Å². The van der Waals surface area contributed by atoms with Crippen molar-refractivity contribution < 1.29 is 4.74 Å². The van der Waals surface area contributed by atoms with Gasteiger partial charge in [-0.05, 0) is 39.1 Å². The zero-order valence-corrected chi connectivity index (χ0v) is 12.8. The Morgan fingerprint density at radius 3 is 2.89 bits per heavy atom. The fraction of sp³-hybridized carbons (Fsp3) is 0.357. The average Bonchev–Trinajstić information content (AvgIpc) is 2.82. The van der Waals surface area contributed by atoms with Crippen LogP contribution in [-0.4, -0.2) is 12.0 Å². The van der Waals surface area contributed by atoms with Gasteiger partial charge in [-0.15, -0.1) is 11.3 Å². The molecule has 0 aliphatic rings. The van der Waals surface area contributed by atoms with E-state index >= 15 is 0 Å². The Kier molecular flexibility index (Phi) is 4.80. The van der Waals surface area contributed by atoms with Gasteiger partial charge in [0, 0.05) is 22.0 Å². The smallest absolute Gasteiger partial charge is 0.131 e. The number of ether oxygens (including phenoxy) is 1. The summed E-state index contributed by atoms with van der Waals surface area (Å²) in [6.07, 6.45) is 0. The van der Waals surface area contributed by atoms with E-state index in [1.807, 2.05) is 37.6 Å². The van der Waals surface area contributed by atoms with Crippen LogP contribution in [0.5, 0.6) is 5.75 Å². The monoisotopic (exact) mass is 296 g/mol. The Labute approximate surface area is 122 Å². The summed E-state index contributed by atoms with van der Waals surface area (Å²) < 4.78 is 5.86. The van der Waals surface area contributed by atoms with Crippen molar-refractivity contribution in [3.05, 3.63) is 44.9 Å². The van der Waals surface area contributed by atoms with Crippen molar-refractivity contribution >= 4 is 22.9 Å². The molecule has 0 spiro atoms. The molecular formula is C14H17ClN2OS. The van der Waals surface area contributed by atoms with Gasteiger partial charge in [0.2, 0.25) is 0 Å². The molecule has 1 heterocycles. The van der Waals surface area contributed by atoms with Crippen molar-refractivity contribution in [3.8, 4) is 5.75 Å². The van der Waals surface area contributed by atoms with Gasteiger partial charge in [-0.2, -0.15) is 0 Å². The van der Waals surface area contributed by atoms with Crippen LogP contribution in [0.3, 0.4) is 0 Å². The Hall–Kier alpha value is -1.10. The Morgan fingerprint density at radius 2 is 2.26 bits per heavy atom. The average molecular weight is 297 g/mol. The molecule has 2 aromatic rings. The van der Waals surface area contributed by atoms with E-state index in [1.165, 1.54) is 0 Å². The van der Waals surface area contributed by atoms with E-state index in [9.17, 15) is 0 Å². The summed E-state index contributed by atoms with van der Waals surface area (Å²) in [5.41, 5.74) is 2.02. The van der Waals surface area contributed by atoms with Gasteiger partial charge in [-0.25, -0.2) is 4.98 Å². The number of aromatic nitrogens is 1. The molecule has 0 saturated heterocycles. The molecule has 0 radical (unpaired) electrons. The van der Waals surface area contributed by atoms with Crippen molar-refractivity contribution in [3.63, 3.8) is 0 Å². The summed E-state index contributed by atoms with van der Waals surface area (Å²) in [5.74, 6) is 0.844. The molecular weight excluding hydrogens is 280 g/mol. The highest BCUT2D eigenvalue weighted by Crippen LogP contribution is 2.28. The number of halogens is 1. The van der Waals surface area contributed by atoms with Crippen LogP contribution in [0.2, 0.25) is 5.02 Å². The largest absolute Gasteiger partial charge is 0.487 e. The summed E-state index contributed by atoms with van der Waals surface area (Å²) in [4.78, 5) is 4.39. The zero-order valence-electron chi connectivity index (χ0n) is 11.2. The van der Waals surface area contributed by atoms with Crippen molar-refractivity contribution in [1.29, 1.82) is 0 Å². The topological polar surface area (TPSA) is 34.1 Å². The SMILES string of the molecule is CNC(C)c1cc(Cl)ccc1OCc1csc(C)n1. The molecule has 1 atom stereocenters. The first-order chi connectivity index (χ1) is 9.10. The molecule has 2 rings (SSSR count). The second kappa shape index (κ2) is 6.37. The maximum absolute atomic E-state index is 6.04. The van der Waals surface area contributed by atoms with E-state index in [1.54, 1.807) is 11.3 Å². The highest BCUT2D eigenvalue weighted by molar-refractivity contribution is 7.09. The van der Waals surface area contributed by atoms with E-state index in [-0.39, 0.29) is 6.04 Å². The van der Waals surface area contributed by atoms with Gasteiger partial charge in [0.1, 0.15) is 12.4 Å². The lowest BCUT2D eigenvalue weighted by Gasteiger charge is -2.16. The molecule has 1 aromatic heterocycles. The van der Waals surface area contributed by atoms with Crippen LogP contribution in [0.4, 0.5) is 0 Å². The number of nitrogens with one attached hydrogen (secondary N) is 1. The lowest BCUT2D eigenvalue weighted by atomic mass is 10.1. The van der Waals surface area contributed by atoms with E-state index in [0.29, 0.717) is 11.6 Å². The minimum Gasteiger partial charge on any atom is -0.487 e. The minimum atomic E-state index is 0.186. The number of aryl methyl sites for hydroxylation is 1. The van der Waals surface area contributed by atoms with E-state index in [4.69, 9.17) is 16.3 Å². The Morgan fingerprint density at radius 1 is 1.47 bits per heavy atom. The highest BCUT2D eigenvalue weighted by atomic mass is 35.5. The van der Waals surface area contributed by atoms with Crippen LogP contribution >= 0.6 is 22.9 Å². The third-order valence-electron chi connectivity index (χ3n) is 2.91. The van der Waals surface area contributed by atoms with Gasteiger partial charge < -0.3 is 10.1 Å². The summed E-state index contributed by atoms with van der Waals surface area (Å²) >= 11 is 7.68. The Balaban J connectivity index is 2.15. The number of hydrogen-bond acceptors (Lipinski definition) is 4. The molecule has 0 aliphatic heterocycles. The molecule has 19 heavy (non-hydrogen) atoms. The number of rotatable bonds is 5. The van der Waals surface area contributed by atoms with Crippen LogP contribution in [0, 0.1) is 6.92 Å². The molecule has 102 valence electrons. The van der Waals surface area contributed by atoms with Gasteiger partial charge in [0.15, 0.2) is 0 Å². The number of nitrogens with zero attached hydrogens (tertiary/aromatic N) is 1. The van der Waals surface area contributed by atoms with E-state index in [2.05, 4.69) is 17.2 Å². The van der Waals surface area contributed by atoms with E-state index < -0.39 is 0 Å². The zero-order chi connectivity index (χ0) is 13.8. The number of benzene rings is 1. The van der Waals surface area contributed by atoms with Crippen LogP contribution in [0.25, 0.3) is 0 Å². The first-order valence-corrected chi connectivity index (χ1v) is 7.36.